The van der Waals surface area contributed by atoms with Crippen LogP contribution in [0.4, 0.5) is 0 Å². The molecule has 0 spiro atoms. The number of rotatable bonds is 3. The molecule has 0 atom stereocenters. The van der Waals surface area contributed by atoms with Gasteiger partial charge in [0, 0.05) is 10.8 Å². The smallest absolute Gasteiger partial charge is 0.136 e. The van der Waals surface area contributed by atoms with Crippen LogP contribution >= 0.6 is 0 Å². The Morgan fingerprint density at radius 3 is 1.36 bits per heavy atom. The molecular weight excluding hydrogens is 472 g/mol. The van der Waals surface area contributed by atoms with Crippen molar-refractivity contribution in [2.45, 2.75) is 0 Å². The third-order valence-electron chi connectivity index (χ3n) is 6.26. The fraction of sp³-hybridized carbons (Fsp3) is 0. The molecule has 182 valence electrons. The van der Waals surface area contributed by atoms with Gasteiger partial charge in [-0.15, -0.1) is 0 Å². The van der Waals surface area contributed by atoms with Crippen LogP contribution in [0.1, 0.15) is 32.9 Å². The summed E-state index contributed by atoms with van der Waals surface area (Å²) in [5.74, 6) is 0. The summed E-state index contributed by atoms with van der Waals surface area (Å²) >= 11 is 0. The first-order valence-corrected chi connectivity index (χ1v) is 11.4. The minimum absolute atomic E-state index is 0.538. The van der Waals surface area contributed by atoms with E-state index in [4.69, 9.17) is 30.5 Å². The van der Waals surface area contributed by atoms with Crippen LogP contribution in [0.15, 0.2) is 149 Å². The molecule has 0 aliphatic rings. The normalized spacial score (nSPS) is 20.2. The van der Waals surface area contributed by atoms with Gasteiger partial charge in [0.1, 0.15) is 11.2 Å². The predicted octanol–water partition coefficient (Wildman–Crippen LogP) is 10.9. The Labute approximate surface area is 260 Å². The number of fused-ring (bicyclic) bond motifs is 5. The maximum Gasteiger partial charge on any atom is 0.136 e. The number of hydrogen-bond acceptors (Lipinski definition) is 1. The highest BCUT2D eigenvalue weighted by Crippen LogP contribution is 2.48. The largest absolute Gasteiger partial charge is 0.456 e. The molecule has 0 aliphatic heterocycles. The molecule has 1 nitrogen and oxygen atoms in total. The summed E-state index contributed by atoms with van der Waals surface area (Å²) in [6.07, 6.45) is 0. The molecule has 7 aromatic carbocycles. The van der Waals surface area contributed by atoms with Gasteiger partial charge in [-0.3, -0.25) is 0 Å². The van der Waals surface area contributed by atoms with Gasteiger partial charge in [0.25, 0.3) is 0 Å². The minimum atomic E-state index is -0.965. The lowest BCUT2D eigenvalue weighted by molar-refractivity contribution is 0.669. The van der Waals surface area contributed by atoms with E-state index in [0.29, 0.717) is 0 Å². The van der Waals surface area contributed by atoms with Crippen LogP contribution in [0.2, 0.25) is 0 Å². The molecule has 1 heterocycles. The number of benzene rings is 7. The number of furan rings is 1. The van der Waals surface area contributed by atoms with E-state index < -0.39 is 222 Å². The maximum absolute atomic E-state index is 9.48. The van der Waals surface area contributed by atoms with Crippen LogP contribution in [0.25, 0.3) is 76.9 Å². The monoisotopic (exact) mass is 520 g/mol. The second-order valence-electron chi connectivity index (χ2n) is 8.26. The van der Waals surface area contributed by atoms with Gasteiger partial charge in [0.2, 0.25) is 0 Å². The molecule has 1 aromatic heterocycles. The van der Waals surface area contributed by atoms with Crippen molar-refractivity contribution in [1.82, 2.24) is 0 Å². The molecule has 8 aromatic rings. The van der Waals surface area contributed by atoms with Crippen molar-refractivity contribution in [1.29, 1.82) is 0 Å². The van der Waals surface area contributed by atoms with Crippen molar-refractivity contribution in [2.24, 2.45) is 0 Å². The van der Waals surface area contributed by atoms with Crippen molar-refractivity contribution in [3.63, 3.8) is 0 Å². The lowest BCUT2D eigenvalue weighted by Gasteiger charge is -2.18. The molecule has 0 saturated heterocycles. The third-order valence-corrected chi connectivity index (χ3v) is 6.26. The van der Waals surface area contributed by atoms with Gasteiger partial charge in [-0.05, 0) is 67.0 Å². The highest BCUT2D eigenvalue weighted by Gasteiger charge is 2.21. The van der Waals surface area contributed by atoms with E-state index in [1.165, 1.54) is 0 Å². The Hall–Kier alpha value is -5.14. The lowest BCUT2D eigenvalue weighted by Crippen LogP contribution is -1.91. The van der Waals surface area contributed by atoms with Gasteiger partial charge in [0.15, 0.2) is 0 Å². The van der Waals surface area contributed by atoms with Crippen LogP contribution in [0.3, 0.4) is 0 Å². The Balaban J connectivity index is 1.82. The number of hydrogen-bond donors (Lipinski definition) is 0. The first-order valence-electron chi connectivity index (χ1n) is 23.4. The predicted molar refractivity (Wildman–Crippen MR) is 165 cm³/mol. The zero-order chi connectivity index (χ0) is 46.6. The maximum atomic E-state index is 9.48. The first kappa shape index (κ1) is 8.69. The summed E-state index contributed by atoms with van der Waals surface area (Å²) in [5, 5.41) is -3.80. The fourth-order valence-corrected chi connectivity index (χ4v) is 4.76. The molecule has 39 heavy (non-hydrogen) atoms. The quantitative estimate of drug-likeness (QED) is 0.211. The first-order chi connectivity index (χ1) is 29.3. The molecule has 1 heteroatoms. The molecule has 8 rings (SSSR count). The summed E-state index contributed by atoms with van der Waals surface area (Å²) in [7, 11) is 0. The van der Waals surface area contributed by atoms with Crippen LogP contribution < -0.4 is 0 Å². The molecule has 0 aliphatic carbocycles. The van der Waals surface area contributed by atoms with Gasteiger partial charge < -0.3 is 4.42 Å². The average Bonchev–Trinajstić information content (AvgIpc) is 3.65. The van der Waals surface area contributed by atoms with E-state index in [2.05, 4.69) is 0 Å². The zero-order valence-corrected chi connectivity index (χ0v) is 19.4. The molecular formula is C38H24O. The van der Waals surface area contributed by atoms with E-state index in [1.807, 2.05) is 0 Å². The van der Waals surface area contributed by atoms with Crippen molar-refractivity contribution in [3.8, 4) is 33.4 Å². The standard InChI is InChI=1S/C38H24O/c1-3-13-25(14-4-1)27-21-11-23-33-37(27)38-32(22-12-24-34(38)39-33)36-30-19-9-7-17-28(30)35(26-15-5-2-6-16-26)29-18-8-10-20-31(29)36/h1-24H/i1D,2D,3D,4D,5D,6D,7D,8D,9D,10D,11D,12D,13D,14D,15D,16D,17D,18D,19D,20D,21D,22D,23D,24D. The molecule has 0 fully saturated rings. The Morgan fingerprint density at radius 2 is 0.795 bits per heavy atom. The van der Waals surface area contributed by atoms with Crippen LogP contribution in [0, 0.1) is 0 Å². The van der Waals surface area contributed by atoms with E-state index in [0.717, 1.165) is 0 Å². The fourth-order valence-electron chi connectivity index (χ4n) is 4.76. The van der Waals surface area contributed by atoms with E-state index >= 15 is 0 Å². The average molecular weight is 521 g/mol. The molecule has 0 saturated carbocycles. The Morgan fingerprint density at radius 1 is 0.359 bits per heavy atom. The highest BCUT2D eigenvalue weighted by molar-refractivity contribution is 6.26. The van der Waals surface area contributed by atoms with Gasteiger partial charge in [0.05, 0.1) is 32.9 Å². The van der Waals surface area contributed by atoms with Gasteiger partial charge in [-0.2, -0.15) is 0 Å². The van der Waals surface area contributed by atoms with Crippen molar-refractivity contribution in [2.75, 3.05) is 0 Å². The summed E-state index contributed by atoms with van der Waals surface area (Å²) in [4.78, 5) is 0. The third kappa shape index (κ3) is 3.34. The SMILES string of the molecule is [2H]c1c([2H])c([2H])c(-c2c3c([2H])c([2H])c([2H])c([2H])c3c(-c3c([2H])c([2H])c([2H])c4oc5c([2H])c([2H])c([2H])c(-c6c([2H])c([2H])c([2H])c([2H])c6[2H])c5c34)c3c([2H])c([2H])c([2H])c([2H])c23)c([2H])c1[2H]. The van der Waals surface area contributed by atoms with Crippen LogP contribution in [0.5, 0.6) is 0 Å². The van der Waals surface area contributed by atoms with E-state index in [9.17, 15) is 6.85 Å². The van der Waals surface area contributed by atoms with Crippen LogP contribution in [-0.2, 0) is 0 Å². The minimum Gasteiger partial charge on any atom is -0.456 e. The highest BCUT2D eigenvalue weighted by atomic mass is 16.3. The molecule has 0 amide bonds. The van der Waals surface area contributed by atoms with Crippen molar-refractivity contribution in [3.05, 3.63) is 145 Å². The molecule has 0 bridgehead atoms. The van der Waals surface area contributed by atoms with Gasteiger partial charge in [-0.25, -0.2) is 0 Å². The zero-order valence-electron chi connectivity index (χ0n) is 43.4. The van der Waals surface area contributed by atoms with Crippen LogP contribution in [-0.4, -0.2) is 0 Å². The second kappa shape index (κ2) is 8.72. The second-order valence-corrected chi connectivity index (χ2v) is 8.26. The van der Waals surface area contributed by atoms with Gasteiger partial charge in [-0.1, -0.05) is 133 Å². The Bertz CT molecular complexity index is 3360. The summed E-state index contributed by atoms with van der Waals surface area (Å²) < 4.78 is 218. The topological polar surface area (TPSA) is 13.1 Å². The summed E-state index contributed by atoms with van der Waals surface area (Å²) in [6, 6.07) is -21.8. The van der Waals surface area contributed by atoms with Crippen molar-refractivity contribution < 1.29 is 37.3 Å². The molecule has 0 N–H and O–H groups in total. The lowest BCUT2D eigenvalue weighted by atomic mass is 9.84. The summed E-state index contributed by atoms with van der Waals surface area (Å²) in [6.45, 7) is 0. The van der Waals surface area contributed by atoms with E-state index in [-0.39, 0.29) is 0 Å². The molecule has 0 radical (unpaired) electrons. The molecule has 0 unspecified atom stereocenters. The van der Waals surface area contributed by atoms with Gasteiger partial charge >= 0.3 is 0 Å². The summed E-state index contributed by atoms with van der Waals surface area (Å²) in [5.41, 5.74) is -5.40. The van der Waals surface area contributed by atoms with Crippen molar-refractivity contribution >= 4 is 43.5 Å². The van der Waals surface area contributed by atoms with E-state index in [1.54, 1.807) is 0 Å². The Kier molecular flexibility index (Phi) is 1.94.